The lowest BCUT2D eigenvalue weighted by molar-refractivity contribution is -0.385. The number of aliphatic carboxylic acids is 1. The third kappa shape index (κ3) is 2.81. The number of hydrogen-bond acceptors (Lipinski definition) is 5. The molecule has 1 N–H and O–H groups in total. The molecule has 7 nitrogen and oxygen atoms in total. The van der Waals surface area contributed by atoms with Gasteiger partial charge in [0, 0.05) is 18.7 Å². The summed E-state index contributed by atoms with van der Waals surface area (Å²) in [6.45, 7) is 2.90. The van der Waals surface area contributed by atoms with Crippen molar-refractivity contribution in [2.75, 3.05) is 18.0 Å². The molecule has 7 heteroatoms. The minimum absolute atomic E-state index is 0.00386. The number of aryl methyl sites for hydroxylation is 1. The summed E-state index contributed by atoms with van der Waals surface area (Å²) in [4.78, 5) is 27.2. The molecule has 0 spiro atoms. The maximum absolute atomic E-state index is 10.9. The Kier molecular flexibility index (Phi) is 3.64. The van der Waals surface area contributed by atoms with Crippen molar-refractivity contribution in [1.29, 1.82) is 0 Å². The van der Waals surface area contributed by atoms with E-state index in [1.54, 1.807) is 13.0 Å². The molecule has 0 amide bonds. The fourth-order valence-corrected chi connectivity index (χ4v) is 2.25. The second kappa shape index (κ2) is 5.21. The predicted octanol–water partition coefficient (Wildman–Crippen LogP) is 1.60. The molecule has 2 heterocycles. The Labute approximate surface area is 110 Å². The van der Waals surface area contributed by atoms with Gasteiger partial charge in [0.05, 0.1) is 10.8 Å². The average Bonchev–Trinajstić information content (AvgIpc) is 2.38. The van der Waals surface area contributed by atoms with E-state index in [9.17, 15) is 14.9 Å². The zero-order valence-corrected chi connectivity index (χ0v) is 10.6. The molecule has 0 aromatic carbocycles. The minimum atomic E-state index is -0.757. The van der Waals surface area contributed by atoms with Gasteiger partial charge in [0.1, 0.15) is 12.0 Å². The monoisotopic (exact) mass is 265 g/mol. The molecule has 1 aliphatic rings. The second-order valence-corrected chi connectivity index (χ2v) is 4.69. The van der Waals surface area contributed by atoms with Gasteiger partial charge in [-0.3, -0.25) is 14.9 Å². The van der Waals surface area contributed by atoms with Crippen molar-refractivity contribution in [3.8, 4) is 0 Å². The Hall–Kier alpha value is -2.18. The molecular formula is C12H15N3O4. The first-order valence-electron chi connectivity index (χ1n) is 6.08. The number of carboxylic acid groups (broad SMARTS) is 1. The van der Waals surface area contributed by atoms with Crippen molar-refractivity contribution < 1.29 is 14.8 Å². The molecule has 1 aliphatic heterocycles. The number of rotatable bonds is 3. The Morgan fingerprint density at radius 1 is 1.53 bits per heavy atom. The van der Waals surface area contributed by atoms with Crippen LogP contribution in [0.2, 0.25) is 0 Å². The van der Waals surface area contributed by atoms with Gasteiger partial charge in [0.15, 0.2) is 0 Å². The third-order valence-corrected chi connectivity index (χ3v) is 3.43. The van der Waals surface area contributed by atoms with Crippen LogP contribution in [0, 0.1) is 23.0 Å². The number of aromatic nitrogens is 1. The zero-order chi connectivity index (χ0) is 14.0. The summed E-state index contributed by atoms with van der Waals surface area (Å²) >= 11 is 0. The van der Waals surface area contributed by atoms with E-state index in [2.05, 4.69) is 4.98 Å². The molecule has 0 aliphatic carbocycles. The molecule has 102 valence electrons. The summed E-state index contributed by atoms with van der Waals surface area (Å²) < 4.78 is 0. The predicted molar refractivity (Wildman–Crippen MR) is 68.2 cm³/mol. The van der Waals surface area contributed by atoms with Gasteiger partial charge in [0.2, 0.25) is 0 Å². The zero-order valence-electron chi connectivity index (χ0n) is 10.6. The highest BCUT2D eigenvalue weighted by molar-refractivity contribution is 5.70. The Bertz CT molecular complexity index is 510. The molecule has 0 radical (unpaired) electrons. The van der Waals surface area contributed by atoms with Crippen LogP contribution in [-0.2, 0) is 4.79 Å². The molecule has 0 bridgehead atoms. The smallest absolute Gasteiger partial charge is 0.306 e. The second-order valence-electron chi connectivity index (χ2n) is 4.69. The summed E-state index contributed by atoms with van der Waals surface area (Å²) in [5.41, 5.74) is 0.569. The fourth-order valence-electron chi connectivity index (χ4n) is 2.25. The molecule has 1 aromatic rings. The number of carboxylic acids is 1. The lowest BCUT2D eigenvalue weighted by Crippen LogP contribution is -2.36. The number of hydrogen-bond donors (Lipinski definition) is 1. The highest BCUT2D eigenvalue weighted by Crippen LogP contribution is 2.25. The SMILES string of the molecule is Cc1cc(N2CCC(C(=O)O)CC2)ncc1[N+](=O)[O-]. The van der Waals surface area contributed by atoms with Crippen molar-refractivity contribution in [2.24, 2.45) is 5.92 Å². The molecule has 1 aromatic heterocycles. The highest BCUT2D eigenvalue weighted by atomic mass is 16.6. The van der Waals surface area contributed by atoms with Crippen molar-refractivity contribution in [2.45, 2.75) is 19.8 Å². The van der Waals surface area contributed by atoms with E-state index in [1.807, 2.05) is 4.90 Å². The Balaban J connectivity index is 2.10. The maximum atomic E-state index is 10.9. The lowest BCUT2D eigenvalue weighted by atomic mass is 9.97. The van der Waals surface area contributed by atoms with E-state index in [-0.39, 0.29) is 11.6 Å². The fraction of sp³-hybridized carbons (Fsp3) is 0.500. The Morgan fingerprint density at radius 2 is 2.16 bits per heavy atom. The third-order valence-electron chi connectivity index (χ3n) is 3.43. The van der Waals surface area contributed by atoms with Crippen molar-refractivity contribution in [3.05, 3.63) is 27.9 Å². The van der Waals surface area contributed by atoms with Gasteiger partial charge in [-0.15, -0.1) is 0 Å². The molecule has 19 heavy (non-hydrogen) atoms. The first kappa shape index (κ1) is 13.3. The lowest BCUT2D eigenvalue weighted by Gasteiger charge is -2.31. The van der Waals surface area contributed by atoms with Crippen LogP contribution in [0.5, 0.6) is 0 Å². The molecular weight excluding hydrogens is 250 g/mol. The molecule has 1 fully saturated rings. The van der Waals surface area contributed by atoms with Crippen LogP contribution >= 0.6 is 0 Å². The first-order valence-corrected chi connectivity index (χ1v) is 6.08. The summed E-state index contributed by atoms with van der Waals surface area (Å²) in [6, 6.07) is 1.68. The normalized spacial score (nSPS) is 16.4. The maximum Gasteiger partial charge on any atom is 0.306 e. The van der Waals surface area contributed by atoms with Crippen LogP contribution in [0.25, 0.3) is 0 Å². The van der Waals surface area contributed by atoms with Gasteiger partial charge >= 0.3 is 5.97 Å². The summed E-state index contributed by atoms with van der Waals surface area (Å²) in [5, 5.41) is 19.6. The van der Waals surface area contributed by atoms with Gasteiger partial charge in [-0.1, -0.05) is 0 Å². The number of pyridine rings is 1. The average molecular weight is 265 g/mol. The standard InChI is InChI=1S/C12H15N3O4/c1-8-6-11(13-7-10(8)15(18)19)14-4-2-9(3-5-14)12(16)17/h6-7,9H,2-5H2,1H3,(H,16,17). The van der Waals surface area contributed by atoms with Gasteiger partial charge in [-0.05, 0) is 25.8 Å². The topological polar surface area (TPSA) is 96.6 Å². The summed E-state index contributed by atoms with van der Waals surface area (Å²) in [5.74, 6) is -0.380. The highest BCUT2D eigenvalue weighted by Gasteiger charge is 2.25. The molecule has 0 saturated carbocycles. The van der Waals surface area contributed by atoms with Crippen molar-refractivity contribution >= 4 is 17.5 Å². The van der Waals surface area contributed by atoms with Gasteiger partial charge in [-0.2, -0.15) is 0 Å². The molecule has 0 unspecified atom stereocenters. The van der Waals surface area contributed by atoms with E-state index in [4.69, 9.17) is 5.11 Å². The summed E-state index contributed by atoms with van der Waals surface area (Å²) in [6.07, 6.45) is 2.41. The summed E-state index contributed by atoms with van der Waals surface area (Å²) in [7, 11) is 0. The van der Waals surface area contributed by atoms with Gasteiger partial charge < -0.3 is 10.0 Å². The van der Waals surface area contributed by atoms with E-state index in [1.165, 1.54) is 6.20 Å². The van der Waals surface area contributed by atoms with Crippen molar-refractivity contribution in [3.63, 3.8) is 0 Å². The number of anilines is 1. The quantitative estimate of drug-likeness (QED) is 0.658. The number of nitrogens with zero attached hydrogens (tertiary/aromatic N) is 3. The first-order chi connectivity index (χ1) is 8.99. The van der Waals surface area contributed by atoms with Gasteiger partial charge in [0.25, 0.3) is 5.69 Å². The number of carbonyl (C=O) groups is 1. The van der Waals surface area contributed by atoms with E-state index in [0.717, 1.165) is 0 Å². The van der Waals surface area contributed by atoms with Crippen LogP contribution in [0.3, 0.4) is 0 Å². The Morgan fingerprint density at radius 3 is 2.63 bits per heavy atom. The molecule has 0 atom stereocenters. The van der Waals surface area contributed by atoms with Crippen LogP contribution in [0.1, 0.15) is 18.4 Å². The van der Waals surface area contributed by atoms with E-state index in [0.29, 0.717) is 37.3 Å². The van der Waals surface area contributed by atoms with Crippen LogP contribution in [0.4, 0.5) is 11.5 Å². The molecule has 2 rings (SSSR count). The minimum Gasteiger partial charge on any atom is -0.481 e. The van der Waals surface area contributed by atoms with Crippen LogP contribution < -0.4 is 4.90 Å². The van der Waals surface area contributed by atoms with Crippen LogP contribution in [0.15, 0.2) is 12.3 Å². The van der Waals surface area contributed by atoms with E-state index >= 15 is 0 Å². The van der Waals surface area contributed by atoms with Gasteiger partial charge in [-0.25, -0.2) is 4.98 Å². The number of nitro groups is 1. The number of piperidine rings is 1. The van der Waals surface area contributed by atoms with E-state index < -0.39 is 10.9 Å². The largest absolute Gasteiger partial charge is 0.481 e. The van der Waals surface area contributed by atoms with Crippen LogP contribution in [-0.4, -0.2) is 34.1 Å². The van der Waals surface area contributed by atoms with Crippen molar-refractivity contribution in [1.82, 2.24) is 4.98 Å². The molecule has 1 saturated heterocycles.